The zero-order chi connectivity index (χ0) is 45.8. The average Bonchev–Trinajstić information content (AvgIpc) is 3.52. The van der Waals surface area contributed by atoms with Crippen molar-refractivity contribution in [2.45, 2.75) is 82.9 Å². The number of methoxy groups -OCH3 is 2. The van der Waals surface area contributed by atoms with Crippen molar-refractivity contribution in [1.29, 1.82) is 0 Å². The molecule has 0 radical (unpaired) electrons. The van der Waals surface area contributed by atoms with Crippen molar-refractivity contribution in [3.05, 3.63) is 82.9 Å². The van der Waals surface area contributed by atoms with E-state index >= 15 is 0 Å². The third-order valence-electron chi connectivity index (χ3n) is 10.0. The Morgan fingerprint density at radius 1 is 0.778 bits per heavy atom. The number of rotatable bonds is 14. The van der Waals surface area contributed by atoms with Crippen LogP contribution in [0.25, 0.3) is 0 Å². The number of fused-ring (bicyclic) bond motifs is 6. The molecule has 0 aliphatic carbocycles. The number of carbonyl (C=O) groups is 8. The topological polar surface area (TPSA) is 250 Å². The minimum atomic E-state index is -2.62. The number of amides is 1. The lowest BCUT2D eigenvalue weighted by Gasteiger charge is -2.48. The van der Waals surface area contributed by atoms with Gasteiger partial charge >= 0.3 is 47.6 Å². The Balaban J connectivity index is 1.49. The number of hydrogen-bond donors (Lipinski definition) is 1. The van der Waals surface area contributed by atoms with Crippen LogP contribution in [0.15, 0.2) is 60.7 Å². The molecule has 20 heteroatoms. The molecule has 1 spiro atoms. The molecule has 334 valence electrons. The highest BCUT2D eigenvalue weighted by Gasteiger charge is 2.61. The summed E-state index contributed by atoms with van der Waals surface area (Å²) in [6.45, 7) is 4.20. The Morgan fingerprint density at radius 3 is 2.03 bits per heavy atom. The van der Waals surface area contributed by atoms with E-state index in [0.717, 1.165) is 41.7 Å². The van der Waals surface area contributed by atoms with Crippen LogP contribution in [0.2, 0.25) is 0 Å². The SMILES string of the molecule is COC(=O)COc1ccc2c(c1)Oc1cc(OC3(C(=O)OC)CC(OC(C)=O)C(NC(C)=O)C([C@H](OC(C)=O)[C@@H](COC(C)=O)OC(C)=O)O3)ccc1C21OC(=O)c2ccccc21. The monoisotopic (exact) mass is 877 g/mol. The summed E-state index contributed by atoms with van der Waals surface area (Å²) in [6, 6.07) is 14.3. The summed E-state index contributed by atoms with van der Waals surface area (Å²) in [6.07, 6.45) is -7.36. The smallest absolute Gasteiger partial charge is 0.379 e. The minimum Gasteiger partial charge on any atom is -0.482 e. The van der Waals surface area contributed by atoms with Crippen molar-refractivity contribution in [2.24, 2.45) is 0 Å². The molecule has 20 nitrogen and oxygen atoms in total. The van der Waals surface area contributed by atoms with Gasteiger partial charge in [0.2, 0.25) is 5.91 Å². The largest absolute Gasteiger partial charge is 0.482 e. The van der Waals surface area contributed by atoms with Gasteiger partial charge in [0.1, 0.15) is 41.8 Å². The molecule has 1 fully saturated rings. The molecule has 3 aromatic carbocycles. The van der Waals surface area contributed by atoms with Gasteiger partial charge in [-0.05, 0) is 30.3 Å². The van der Waals surface area contributed by atoms with Crippen LogP contribution < -0.4 is 19.5 Å². The van der Waals surface area contributed by atoms with Gasteiger partial charge in [-0.2, -0.15) is 0 Å². The highest BCUT2D eigenvalue weighted by atomic mass is 16.7. The molecule has 3 heterocycles. The maximum absolute atomic E-state index is 14.1. The lowest BCUT2D eigenvalue weighted by molar-refractivity contribution is -0.289. The normalized spacial score (nSPS) is 22.5. The standard InChI is InChI=1S/C43H43NO19/c1-21(45)44-37-34(57-23(3)47)18-42(41(52)54-7,62-39(37)38(59-25(5)49)35(58-24(4)48)19-55-22(2)46)61-27-13-15-31-33(17-27)60-32-16-26(56-20-36(50)53-6)12-14-30(32)43(31)29-11-9-8-10-28(29)40(51)63-43/h8-17,34-35,37-39H,18-20H2,1-7H3,(H,44,45)/t34?,35-,37?,38-,39?,42?,43?/m1/s1. The maximum atomic E-state index is 14.1. The Kier molecular flexibility index (Phi) is 13.2. The van der Waals surface area contributed by atoms with Gasteiger partial charge in [-0.1, -0.05) is 18.2 Å². The molecule has 0 aromatic heterocycles. The predicted octanol–water partition coefficient (Wildman–Crippen LogP) is 2.71. The first-order valence-corrected chi connectivity index (χ1v) is 19.3. The van der Waals surface area contributed by atoms with Gasteiger partial charge in [0.25, 0.3) is 0 Å². The zero-order valence-electron chi connectivity index (χ0n) is 35.0. The first-order valence-electron chi connectivity index (χ1n) is 19.3. The molecule has 0 saturated carbocycles. The van der Waals surface area contributed by atoms with Gasteiger partial charge in [0.15, 0.2) is 24.4 Å². The van der Waals surface area contributed by atoms with Crippen LogP contribution >= 0.6 is 0 Å². The van der Waals surface area contributed by atoms with Crippen molar-refractivity contribution in [1.82, 2.24) is 5.32 Å². The first kappa shape index (κ1) is 45.3. The van der Waals surface area contributed by atoms with E-state index < -0.39 is 109 Å². The Morgan fingerprint density at radius 2 is 1.43 bits per heavy atom. The van der Waals surface area contributed by atoms with Crippen molar-refractivity contribution in [2.75, 3.05) is 27.4 Å². The first-order chi connectivity index (χ1) is 29.9. The molecule has 3 aliphatic heterocycles. The third kappa shape index (κ3) is 9.35. The van der Waals surface area contributed by atoms with E-state index in [1.807, 2.05) is 0 Å². The van der Waals surface area contributed by atoms with Crippen molar-refractivity contribution < 1.29 is 90.5 Å². The van der Waals surface area contributed by atoms with Crippen LogP contribution in [-0.4, -0.2) is 111 Å². The summed E-state index contributed by atoms with van der Waals surface area (Å²) >= 11 is 0. The number of esters is 7. The summed E-state index contributed by atoms with van der Waals surface area (Å²) in [4.78, 5) is 102. The molecule has 1 amide bonds. The van der Waals surface area contributed by atoms with Gasteiger partial charge in [-0.25, -0.2) is 14.4 Å². The van der Waals surface area contributed by atoms with Crippen LogP contribution in [0.3, 0.4) is 0 Å². The lowest BCUT2D eigenvalue weighted by Crippen LogP contribution is -2.70. The molecule has 1 N–H and O–H groups in total. The Labute approximate surface area is 359 Å². The molecule has 3 aliphatic rings. The summed E-state index contributed by atoms with van der Waals surface area (Å²) < 4.78 is 62.8. The molecule has 63 heavy (non-hydrogen) atoms. The highest BCUT2D eigenvalue weighted by Crippen LogP contribution is 2.57. The van der Waals surface area contributed by atoms with Crippen LogP contribution in [0.1, 0.15) is 68.1 Å². The van der Waals surface area contributed by atoms with Crippen LogP contribution in [-0.2, 0) is 77.1 Å². The molecule has 6 rings (SSSR count). The van der Waals surface area contributed by atoms with E-state index in [1.54, 1.807) is 36.4 Å². The van der Waals surface area contributed by atoms with Crippen LogP contribution in [0.5, 0.6) is 23.0 Å². The quantitative estimate of drug-likeness (QED) is 0.181. The fraction of sp³-hybridized carbons (Fsp3) is 0.395. The molecule has 0 bridgehead atoms. The van der Waals surface area contributed by atoms with Gasteiger partial charge in [-0.15, -0.1) is 0 Å². The highest BCUT2D eigenvalue weighted by molar-refractivity contribution is 5.97. The fourth-order valence-electron chi connectivity index (χ4n) is 7.68. The lowest BCUT2D eigenvalue weighted by atomic mass is 9.77. The number of carbonyl (C=O) groups excluding carboxylic acids is 8. The second-order valence-corrected chi connectivity index (χ2v) is 14.4. The summed E-state index contributed by atoms with van der Waals surface area (Å²) in [5, 5.41) is 2.60. The van der Waals surface area contributed by atoms with E-state index in [0.29, 0.717) is 16.7 Å². The maximum Gasteiger partial charge on any atom is 0.379 e. The number of nitrogens with one attached hydrogen (secondary N) is 1. The van der Waals surface area contributed by atoms with Crippen LogP contribution in [0.4, 0.5) is 0 Å². The summed E-state index contributed by atoms with van der Waals surface area (Å²) in [7, 11) is 2.22. The Bertz CT molecular complexity index is 2340. The van der Waals surface area contributed by atoms with E-state index in [-0.39, 0.29) is 28.6 Å². The van der Waals surface area contributed by atoms with Gasteiger partial charge in [0.05, 0.1) is 32.2 Å². The van der Waals surface area contributed by atoms with Gasteiger partial charge in [-0.3, -0.25) is 24.0 Å². The average molecular weight is 878 g/mol. The molecule has 3 aromatic rings. The molecular formula is C43H43NO19. The fourth-order valence-corrected chi connectivity index (χ4v) is 7.68. The molecular weight excluding hydrogens is 834 g/mol. The van der Waals surface area contributed by atoms with Crippen molar-refractivity contribution in [3.8, 4) is 23.0 Å². The second-order valence-electron chi connectivity index (χ2n) is 14.4. The zero-order valence-corrected chi connectivity index (χ0v) is 35.0. The number of hydrogen-bond acceptors (Lipinski definition) is 19. The number of ether oxygens (including phenoxy) is 11. The van der Waals surface area contributed by atoms with Crippen molar-refractivity contribution in [3.63, 3.8) is 0 Å². The van der Waals surface area contributed by atoms with Crippen LogP contribution in [0, 0.1) is 0 Å². The third-order valence-corrected chi connectivity index (χ3v) is 10.0. The van der Waals surface area contributed by atoms with Gasteiger partial charge in [0, 0.05) is 63.4 Å². The van der Waals surface area contributed by atoms with Crippen molar-refractivity contribution >= 4 is 47.7 Å². The number of benzene rings is 3. The van der Waals surface area contributed by atoms with Gasteiger partial charge < -0.3 is 57.4 Å². The van der Waals surface area contributed by atoms with E-state index in [4.69, 9.17) is 47.4 Å². The predicted molar refractivity (Wildman–Crippen MR) is 208 cm³/mol. The molecule has 5 unspecified atom stereocenters. The summed E-state index contributed by atoms with van der Waals surface area (Å²) in [5.41, 5.74) is -0.103. The van der Waals surface area contributed by atoms with E-state index in [1.165, 1.54) is 31.4 Å². The summed E-state index contributed by atoms with van der Waals surface area (Å²) in [5.74, 6) is -9.09. The molecule has 1 saturated heterocycles. The van der Waals surface area contributed by atoms with E-state index in [2.05, 4.69) is 10.1 Å². The molecule has 7 atom stereocenters. The second kappa shape index (κ2) is 18.4. The minimum absolute atomic E-state index is 0.0451. The Hall–Kier alpha value is -7.22. The van der Waals surface area contributed by atoms with E-state index in [9.17, 15) is 38.4 Å².